The Morgan fingerprint density at radius 2 is 2.08 bits per heavy atom. The fourth-order valence-corrected chi connectivity index (χ4v) is 3.31. The van der Waals surface area contributed by atoms with Gasteiger partial charge in [-0.2, -0.15) is 5.10 Å². The van der Waals surface area contributed by atoms with Crippen molar-refractivity contribution in [2.24, 2.45) is 12.1 Å². The second kappa shape index (κ2) is 7.16. The molecule has 0 saturated heterocycles. The van der Waals surface area contributed by atoms with Crippen LogP contribution in [0.2, 0.25) is 0 Å². The summed E-state index contributed by atoms with van der Waals surface area (Å²) in [5, 5.41) is 16.1. The first-order valence-corrected chi connectivity index (χ1v) is 9.21. The van der Waals surface area contributed by atoms with Crippen LogP contribution in [0.5, 0.6) is 5.88 Å². The number of nitrogens with one attached hydrogen (secondary N) is 1. The van der Waals surface area contributed by atoms with Crippen molar-refractivity contribution < 1.29 is 9.90 Å². The third kappa shape index (κ3) is 3.24. The van der Waals surface area contributed by atoms with Gasteiger partial charge < -0.3 is 5.11 Å². The number of rotatable bonds is 3. The first-order chi connectivity index (χ1) is 12.3. The molecule has 1 atom stereocenters. The van der Waals surface area contributed by atoms with Crippen molar-refractivity contribution in [1.82, 2.24) is 14.6 Å². The Morgan fingerprint density at radius 3 is 2.69 bits per heavy atom. The number of hydrogen-bond acceptors (Lipinski definition) is 5. The Morgan fingerprint density at radius 1 is 1.42 bits per heavy atom. The topological polar surface area (TPSA) is 90.7 Å². The van der Waals surface area contributed by atoms with Gasteiger partial charge in [0.1, 0.15) is 5.56 Å². The van der Waals surface area contributed by atoms with Gasteiger partial charge in [0.15, 0.2) is 4.77 Å². The summed E-state index contributed by atoms with van der Waals surface area (Å²) in [5.74, 6) is -0.425. The number of aromatic hydroxyl groups is 1. The predicted molar refractivity (Wildman–Crippen MR) is 104 cm³/mol. The van der Waals surface area contributed by atoms with Gasteiger partial charge in [-0.25, -0.2) is 5.01 Å². The third-order valence-corrected chi connectivity index (χ3v) is 5.21. The maximum absolute atomic E-state index is 12.4. The van der Waals surface area contributed by atoms with Gasteiger partial charge in [0.2, 0.25) is 11.8 Å². The highest BCUT2D eigenvalue weighted by atomic mass is 79.9. The van der Waals surface area contributed by atoms with Crippen molar-refractivity contribution in [3.63, 3.8) is 0 Å². The fraction of sp³-hybridized carbons (Fsp3) is 0.294. The van der Waals surface area contributed by atoms with Crippen LogP contribution in [-0.2, 0) is 11.8 Å². The summed E-state index contributed by atoms with van der Waals surface area (Å²) in [6, 6.07) is 7.24. The van der Waals surface area contributed by atoms with Gasteiger partial charge in [0, 0.05) is 24.4 Å². The second-order valence-corrected chi connectivity index (χ2v) is 7.23. The van der Waals surface area contributed by atoms with E-state index in [-0.39, 0.29) is 34.6 Å². The first-order valence-electron chi connectivity index (χ1n) is 8.01. The van der Waals surface area contributed by atoms with E-state index in [0.717, 1.165) is 10.0 Å². The van der Waals surface area contributed by atoms with Crippen LogP contribution in [0.25, 0.3) is 0 Å². The average molecular weight is 437 g/mol. The lowest BCUT2D eigenvalue weighted by molar-refractivity contribution is -0.132. The minimum atomic E-state index is -0.523. The molecular formula is C17H17BrN4O3S. The highest BCUT2D eigenvalue weighted by molar-refractivity contribution is 9.10. The van der Waals surface area contributed by atoms with Crippen molar-refractivity contribution in [3.8, 4) is 5.88 Å². The lowest BCUT2D eigenvalue weighted by Gasteiger charge is -2.21. The molecule has 1 unspecified atom stereocenters. The van der Waals surface area contributed by atoms with E-state index in [1.807, 2.05) is 24.3 Å². The molecule has 1 aromatic heterocycles. The molecule has 0 radical (unpaired) electrons. The van der Waals surface area contributed by atoms with Gasteiger partial charge in [-0.05, 0) is 29.9 Å². The normalized spacial score (nSPS) is 16.7. The number of carbonyl (C=O) groups is 1. The molecule has 1 aliphatic heterocycles. The molecule has 0 aliphatic carbocycles. The Kier molecular flexibility index (Phi) is 5.10. The monoisotopic (exact) mass is 436 g/mol. The number of H-pyrrole nitrogens is 1. The number of amides is 1. The highest BCUT2D eigenvalue weighted by Gasteiger charge is 2.34. The molecule has 7 nitrogen and oxygen atoms in total. The molecule has 0 spiro atoms. The van der Waals surface area contributed by atoms with E-state index in [2.05, 4.69) is 26.0 Å². The van der Waals surface area contributed by atoms with Gasteiger partial charge >= 0.3 is 0 Å². The summed E-state index contributed by atoms with van der Waals surface area (Å²) >= 11 is 8.39. The van der Waals surface area contributed by atoms with E-state index in [0.29, 0.717) is 12.1 Å². The molecule has 2 aromatic rings. The van der Waals surface area contributed by atoms with Crippen LogP contribution < -0.4 is 5.56 Å². The average Bonchev–Trinajstić information content (AvgIpc) is 3.04. The van der Waals surface area contributed by atoms with Crippen molar-refractivity contribution in [2.45, 2.75) is 25.8 Å². The van der Waals surface area contributed by atoms with Crippen molar-refractivity contribution in [2.75, 3.05) is 0 Å². The fourth-order valence-electron chi connectivity index (χ4n) is 2.87. The largest absolute Gasteiger partial charge is 0.494 e. The zero-order valence-corrected chi connectivity index (χ0v) is 16.6. The Bertz CT molecular complexity index is 1010. The van der Waals surface area contributed by atoms with E-state index < -0.39 is 5.56 Å². The molecule has 9 heteroatoms. The summed E-state index contributed by atoms with van der Waals surface area (Å²) in [5.41, 5.74) is 0.761. The quantitative estimate of drug-likeness (QED) is 0.723. The number of aromatic nitrogens is 2. The summed E-state index contributed by atoms with van der Waals surface area (Å²) in [4.78, 5) is 27.2. The van der Waals surface area contributed by atoms with E-state index in [1.165, 1.54) is 9.58 Å². The number of aromatic amines is 1. The minimum Gasteiger partial charge on any atom is -0.494 e. The Hall–Kier alpha value is -2.26. The minimum absolute atomic E-state index is 0.0367. The maximum Gasteiger partial charge on any atom is 0.264 e. The zero-order chi connectivity index (χ0) is 19.0. The first kappa shape index (κ1) is 18.5. The van der Waals surface area contributed by atoms with Crippen LogP contribution in [0.4, 0.5) is 0 Å². The molecule has 2 heterocycles. The lowest BCUT2D eigenvalue weighted by Crippen LogP contribution is -2.26. The molecule has 1 aliphatic rings. The highest BCUT2D eigenvalue weighted by Crippen LogP contribution is 2.34. The molecule has 2 N–H and O–H groups in total. The smallest absolute Gasteiger partial charge is 0.264 e. The summed E-state index contributed by atoms with van der Waals surface area (Å²) in [6.45, 7) is 1.75. The van der Waals surface area contributed by atoms with E-state index in [9.17, 15) is 14.7 Å². The van der Waals surface area contributed by atoms with Crippen LogP contribution >= 0.6 is 28.1 Å². The van der Waals surface area contributed by atoms with Crippen molar-refractivity contribution >= 4 is 39.8 Å². The third-order valence-electron chi connectivity index (χ3n) is 4.31. The molecule has 1 amide bonds. The summed E-state index contributed by atoms with van der Waals surface area (Å²) in [7, 11) is 1.55. The Balaban J connectivity index is 2.09. The van der Waals surface area contributed by atoms with E-state index >= 15 is 0 Å². The van der Waals surface area contributed by atoms with Crippen LogP contribution in [0, 0.1) is 4.77 Å². The zero-order valence-electron chi connectivity index (χ0n) is 14.2. The van der Waals surface area contributed by atoms with Gasteiger partial charge in [0.05, 0.1) is 11.8 Å². The molecule has 1 aromatic carbocycles. The molecule has 3 rings (SSSR count). The number of benzene rings is 1. The van der Waals surface area contributed by atoms with Crippen LogP contribution in [0.15, 0.2) is 38.6 Å². The van der Waals surface area contributed by atoms with E-state index in [1.54, 1.807) is 14.0 Å². The number of hydrogen-bond donors (Lipinski definition) is 2. The lowest BCUT2D eigenvalue weighted by atomic mass is 9.99. The number of halogens is 1. The molecule has 0 fully saturated rings. The molecule has 0 saturated carbocycles. The van der Waals surface area contributed by atoms with Gasteiger partial charge in [0.25, 0.3) is 5.56 Å². The molecular weight excluding hydrogens is 420 g/mol. The maximum atomic E-state index is 12.4. The van der Waals surface area contributed by atoms with Crippen molar-refractivity contribution in [3.05, 3.63) is 55.0 Å². The standard InChI is InChI=1S/C17H17BrN4O3S/c1-3-13(23)22-12(9-4-6-10(18)7-5-9)8-11(20-22)14-15(24)19-17(26)21(2)16(14)25/h4-7,12,25H,3,8H2,1-2H3,(H,19,24,26). The molecule has 26 heavy (non-hydrogen) atoms. The summed E-state index contributed by atoms with van der Waals surface area (Å²) < 4.78 is 2.34. The van der Waals surface area contributed by atoms with Crippen LogP contribution in [-0.4, -0.2) is 31.3 Å². The second-order valence-electron chi connectivity index (χ2n) is 5.93. The predicted octanol–water partition coefficient (Wildman–Crippen LogP) is 3.00. The van der Waals surface area contributed by atoms with Crippen LogP contribution in [0.3, 0.4) is 0 Å². The van der Waals surface area contributed by atoms with Crippen LogP contribution in [0.1, 0.15) is 36.9 Å². The van der Waals surface area contributed by atoms with Gasteiger partial charge in [-0.15, -0.1) is 0 Å². The van der Waals surface area contributed by atoms with Gasteiger partial charge in [-0.3, -0.25) is 19.1 Å². The van der Waals surface area contributed by atoms with E-state index in [4.69, 9.17) is 12.2 Å². The SMILES string of the molecule is CCC(=O)N1N=C(c2c(O)n(C)c(=S)[nH]c2=O)CC1c1ccc(Br)cc1. The number of carbonyl (C=O) groups excluding carboxylic acids is 1. The van der Waals surface area contributed by atoms with Crippen molar-refractivity contribution in [1.29, 1.82) is 0 Å². The Labute approximate surface area is 163 Å². The molecule has 136 valence electrons. The molecule has 0 bridgehead atoms. The number of nitrogens with zero attached hydrogens (tertiary/aromatic N) is 3. The summed E-state index contributed by atoms with van der Waals surface area (Å²) in [6.07, 6.45) is 0.603. The van der Waals surface area contributed by atoms with Gasteiger partial charge in [-0.1, -0.05) is 35.0 Å². The number of hydrazone groups is 1.